The Bertz CT molecular complexity index is 411. The minimum Gasteiger partial charge on any atom is -0.378 e. The van der Waals surface area contributed by atoms with Gasteiger partial charge in [-0.05, 0) is 25.8 Å². The summed E-state index contributed by atoms with van der Waals surface area (Å²) in [5, 5.41) is 3.39. The lowest BCUT2D eigenvalue weighted by Gasteiger charge is -2.27. The third kappa shape index (κ3) is 3.17. The van der Waals surface area contributed by atoms with E-state index in [0.29, 0.717) is 17.2 Å². The molecule has 0 spiro atoms. The van der Waals surface area contributed by atoms with Crippen molar-refractivity contribution in [3.63, 3.8) is 0 Å². The molecule has 2 heterocycles. The first-order chi connectivity index (χ1) is 8.16. The van der Waals surface area contributed by atoms with Gasteiger partial charge < -0.3 is 10.1 Å². The van der Waals surface area contributed by atoms with Crippen molar-refractivity contribution in [1.29, 1.82) is 0 Å². The van der Waals surface area contributed by atoms with E-state index in [-0.39, 0.29) is 18.1 Å². The molecule has 1 saturated heterocycles. The predicted octanol–water partition coefficient (Wildman–Crippen LogP) is 2.03. The van der Waals surface area contributed by atoms with Gasteiger partial charge in [0, 0.05) is 25.0 Å². The number of carbonyl (C=O) groups excluding carboxylic acids is 1. The van der Waals surface area contributed by atoms with E-state index in [1.807, 2.05) is 6.92 Å². The van der Waals surface area contributed by atoms with Crippen LogP contribution in [0, 0.1) is 0 Å². The van der Waals surface area contributed by atoms with Crippen molar-refractivity contribution in [2.45, 2.75) is 31.9 Å². The lowest BCUT2D eigenvalue weighted by molar-refractivity contribution is 0.0136. The molecule has 1 fully saturated rings. The minimum absolute atomic E-state index is 0.155. The van der Waals surface area contributed by atoms with Crippen LogP contribution < -0.4 is 5.32 Å². The fourth-order valence-electron chi connectivity index (χ4n) is 1.94. The molecule has 1 aliphatic rings. The Kier molecular flexibility index (Phi) is 3.97. The number of ether oxygens (including phenoxy) is 1. The highest BCUT2D eigenvalue weighted by molar-refractivity contribution is 6.33. The van der Waals surface area contributed by atoms with Crippen molar-refractivity contribution < 1.29 is 9.53 Å². The first-order valence-corrected chi connectivity index (χ1v) is 6.06. The molecule has 4 nitrogen and oxygen atoms in total. The second kappa shape index (κ2) is 5.47. The molecule has 92 valence electrons. The number of rotatable bonds is 2. The molecule has 2 unspecified atom stereocenters. The van der Waals surface area contributed by atoms with Gasteiger partial charge >= 0.3 is 0 Å². The van der Waals surface area contributed by atoms with Crippen molar-refractivity contribution in [2.24, 2.45) is 0 Å². The van der Waals surface area contributed by atoms with E-state index in [4.69, 9.17) is 16.3 Å². The molecule has 1 aromatic rings. The van der Waals surface area contributed by atoms with Crippen LogP contribution in [0.4, 0.5) is 0 Å². The maximum absolute atomic E-state index is 12.0. The summed E-state index contributed by atoms with van der Waals surface area (Å²) in [6, 6.07) is 1.77. The van der Waals surface area contributed by atoms with E-state index in [2.05, 4.69) is 10.3 Å². The van der Waals surface area contributed by atoms with Crippen LogP contribution in [0.5, 0.6) is 0 Å². The number of halogens is 1. The normalized spacial score (nSPS) is 24.4. The molecule has 1 N–H and O–H groups in total. The fraction of sp³-hybridized carbons (Fsp3) is 0.500. The molecule has 17 heavy (non-hydrogen) atoms. The molecular weight excluding hydrogens is 240 g/mol. The maximum atomic E-state index is 12.0. The van der Waals surface area contributed by atoms with E-state index < -0.39 is 0 Å². The summed E-state index contributed by atoms with van der Waals surface area (Å²) >= 11 is 5.94. The minimum atomic E-state index is -0.165. The average molecular weight is 255 g/mol. The Morgan fingerprint density at radius 1 is 1.65 bits per heavy atom. The smallest absolute Gasteiger partial charge is 0.254 e. The first-order valence-electron chi connectivity index (χ1n) is 5.69. The number of aromatic nitrogens is 1. The van der Waals surface area contributed by atoms with Crippen LogP contribution in [-0.4, -0.2) is 29.6 Å². The van der Waals surface area contributed by atoms with Crippen LogP contribution in [0.1, 0.15) is 30.1 Å². The zero-order valence-corrected chi connectivity index (χ0v) is 10.4. The zero-order chi connectivity index (χ0) is 12.3. The summed E-state index contributed by atoms with van der Waals surface area (Å²) in [6.07, 6.45) is 4.92. The van der Waals surface area contributed by atoms with Gasteiger partial charge in [-0.1, -0.05) is 11.6 Å². The van der Waals surface area contributed by atoms with Crippen molar-refractivity contribution >= 4 is 17.5 Å². The molecule has 0 aromatic carbocycles. The molecule has 1 amide bonds. The van der Waals surface area contributed by atoms with Crippen LogP contribution in [0.2, 0.25) is 5.02 Å². The van der Waals surface area contributed by atoms with Crippen LogP contribution in [0.3, 0.4) is 0 Å². The molecule has 0 radical (unpaired) electrons. The second-order valence-electron chi connectivity index (χ2n) is 4.23. The number of carbonyl (C=O) groups is 1. The fourth-order valence-corrected chi connectivity index (χ4v) is 2.13. The van der Waals surface area contributed by atoms with E-state index in [9.17, 15) is 4.79 Å². The SMILES string of the molecule is CC1CC(NC(=O)c2cnccc2Cl)CCO1. The number of amides is 1. The summed E-state index contributed by atoms with van der Waals surface area (Å²) < 4.78 is 5.43. The molecule has 1 aliphatic heterocycles. The van der Waals surface area contributed by atoms with Crippen molar-refractivity contribution in [3.05, 3.63) is 29.0 Å². The first kappa shape index (κ1) is 12.3. The van der Waals surface area contributed by atoms with Crippen molar-refractivity contribution in [3.8, 4) is 0 Å². The number of hydrogen-bond acceptors (Lipinski definition) is 3. The Morgan fingerprint density at radius 2 is 2.47 bits per heavy atom. The van der Waals surface area contributed by atoms with E-state index in [1.54, 1.807) is 12.3 Å². The molecule has 0 aliphatic carbocycles. The zero-order valence-electron chi connectivity index (χ0n) is 9.65. The van der Waals surface area contributed by atoms with E-state index >= 15 is 0 Å². The standard InChI is InChI=1S/C12H15ClN2O2/c1-8-6-9(3-5-17-8)15-12(16)10-7-14-4-2-11(10)13/h2,4,7-9H,3,5-6H2,1H3,(H,15,16). The summed E-state index contributed by atoms with van der Waals surface area (Å²) in [6.45, 7) is 2.70. The number of pyridine rings is 1. The van der Waals surface area contributed by atoms with Gasteiger partial charge in [-0.2, -0.15) is 0 Å². The molecule has 5 heteroatoms. The molecule has 0 bridgehead atoms. The number of nitrogens with zero attached hydrogens (tertiary/aromatic N) is 1. The van der Waals surface area contributed by atoms with Gasteiger partial charge in [-0.25, -0.2) is 0 Å². The van der Waals surface area contributed by atoms with E-state index in [0.717, 1.165) is 12.8 Å². The summed E-state index contributed by atoms with van der Waals surface area (Å²) in [7, 11) is 0. The van der Waals surface area contributed by atoms with Gasteiger partial charge in [0.2, 0.25) is 0 Å². The van der Waals surface area contributed by atoms with Crippen LogP contribution >= 0.6 is 11.6 Å². The Hall–Kier alpha value is -1.13. The molecule has 0 saturated carbocycles. The average Bonchev–Trinajstić information content (AvgIpc) is 2.29. The quantitative estimate of drug-likeness (QED) is 0.879. The van der Waals surface area contributed by atoms with Gasteiger partial charge in [0.05, 0.1) is 16.7 Å². The highest BCUT2D eigenvalue weighted by Crippen LogP contribution is 2.16. The van der Waals surface area contributed by atoms with Crippen molar-refractivity contribution in [1.82, 2.24) is 10.3 Å². The van der Waals surface area contributed by atoms with Gasteiger partial charge in [0.25, 0.3) is 5.91 Å². The lowest BCUT2D eigenvalue weighted by atomic mass is 10.0. The highest BCUT2D eigenvalue weighted by atomic mass is 35.5. The van der Waals surface area contributed by atoms with Crippen LogP contribution in [0.25, 0.3) is 0 Å². The molecule has 2 atom stereocenters. The summed E-state index contributed by atoms with van der Waals surface area (Å²) in [4.78, 5) is 15.9. The largest absolute Gasteiger partial charge is 0.378 e. The van der Waals surface area contributed by atoms with Gasteiger partial charge in [0.1, 0.15) is 0 Å². The van der Waals surface area contributed by atoms with Gasteiger partial charge in [-0.3, -0.25) is 9.78 Å². The molecule has 2 rings (SSSR count). The van der Waals surface area contributed by atoms with Gasteiger partial charge in [0.15, 0.2) is 0 Å². The number of nitrogens with one attached hydrogen (secondary N) is 1. The monoisotopic (exact) mass is 254 g/mol. The van der Waals surface area contributed by atoms with Crippen LogP contribution in [0.15, 0.2) is 18.5 Å². The Balaban J connectivity index is 1.99. The van der Waals surface area contributed by atoms with Crippen LogP contribution in [-0.2, 0) is 4.74 Å². The van der Waals surface area contributed by atoms with E-state index in [1.165, 1.54) is 6.20 Å². The molecular formula is C12H15ClN2O2. The summed E-state index contributed by atoms with van der Waals surface area (Å²) in [5.74, 6) is -0.165. The maximum Gasteiger partial charge on any atom is 0.254 e. The Labute approximate surface area is 105 Å². The third-order valence-electron chi connectivity index (χ3n) is 2.83. The Morgan fingerprint density at radius 3 is 3.18 bits per heavy atom. The second-order valence-corrected chi connectivity index (χ2v) is 4.64. The third-order valence-corrected chi connectivity index (χ3v) is 3.16. The van der Waals surface area contributed by atoms with Crippen molar-refractivity contribution in [2.75, 3.05) is 6.61 Å². The highest BCUT2D eigenvalue weighted by Gasteiger charge is 2.22. The number of hydrogen-bond donors (Lipinski definition) is 1. The lowest BCUT2D eigenvalue weighted by Crippen LogP contribution is -2.41. The summed E-state index contributed by atoms with van der Waals surface area (Å²) in [5.41, 5.74) is 0.424. The predicted molar refractivity (Wildman–Crippen MR) is 65.1 cm³/mol. The molecule has 1 aromatic heterocycles. The topological polar surface area (TPSA) is 51.2 Å². The van der Waals surface area contributed by atoms with Gasteiger partial charge in [-0.15, -0.1) is 0 Å².